The SMILES string of the molecule is Cc1cn(C2O[C@H](CO)[C@@H](O)[C@H]2O)c2nc(N)[nH]c(=O)c12. The van der Waals surface area contributed by atoms with Crippen molar-refractivity contribution in [1.29, 1.82) is 0 Å². The van der Waals surface area contributed by atoms with Gasteiger partial charge in [0.1, 0.15) is 18.3 Å². The molecule has 1 saturated heterocycles. The normalized spacial score (nSPS) is 29.3. The lowest BCUT2D eigenvalue weighted by atomic mass is 10.1. The largest absolute Gasteiger partial charge is 0.394 e. The molecular weight excluding hydrogens is 280 g/mol. The molecule has 3 heterocycles. The van der Waals surface area contributed by atoms with Crippen LogP contribution in [0.25, 0.3) is 11.0 Å². The molecule has 9 nitrogen and oxygen atoms in total. The summed E-state index contributed by atoms with van der Waals surface area (Å²) < 4.78 is 6.89. The summed E-state index contributed by atoms with van der Waals surface area (Å²) in [5.41, 5.74) is 6.04. The van der Waals surface area contributed by atoms with E-state index in [9.17, 15) is 15.0 Å². The molecule has 6 N–H and O–H groups in total. The number of anilines is 1. The zero-order valence-electron chi connectivity index (χ0n) is 11.2. The number of nitrogens with two attached hydrogens (primary N) is 1. The third-order valence-corrected chi connectivity index (χ3v) is 3.68. The number of aromatic amines is 1. The summed E-state index contributed by atoms with van der Waals surface area (Å²) in [5.74, 6) is -0.0569. The van der Waals surface area contributed by atoms with Gasteiger partial charge in [0.2, 0.25) is 5.95 Å². The highest BCUT2D eigenvalue weighted by molar-refractivity contribution is 5.80. The minimum absolute atomic E-state index is 0.0569. The van der Waals surface area contributed by atoms with Crippen LogP contribution in [0.2, 0.25) is 0 Å². The average Bonchev–Trinajstić information content (AvgIpc) is 2.89. The van der Waals surface area contributed by atoms with Crippen LogP contribution in [0, 0.1) is 6.92 Å². The first-order chi connectivity index (χ1) is 9.93. The van der Waals surface area contributed by atoms with Gasteiger partial charge in [-0.3, -0.25) is 9.78 Å². The van der Waals surface area contributed by atoms with E-state index in [2.05, 4.69) is 9.97 Å². The number of nitrogens with zero attached hydrogens (tertiary/aromatic N) is 2. The van der Waals surface area contributed by atoms with Gasteiger partial charge in [0.15, 0.2) is 11.9 Å². The van der Waals surface area contributed by atoms with E-state index < -0.39 is 31.1 Å². The quantitative estimate of drug-likeness (QED) is 0.440. The summed E-state index contributed by atoms with van der Waals surface area (Å²) in [5, 5.41) is 29.3. The Labute approximate surface area is 118 Å². The number of aliphatic hydroxyl groups is 3. The number of hydrogen-bond acceptors (Lipinski definition) is 7. The highest BCUT2D eigenvalue weighted by Crippen LogP contribution is 2.32. The molecule has 0 spiro atoms. The maximum atomic E-state index is 11.9. The maximum absolute atomic E-state index is 11.9. The van der Waals surface area contributed by atoms with E-state index in [1.165, 1.54) is 4.57 Å². The molecule has 3 rings (SSSR count). The Morgan fingerprint density at radius 1 is 1.48 bits per heavy atom. The van der Waals surface area contributed by atoms with Gasteiger partial charge < -0.3 is 30.4 Å². The molecule has 1 aliphatic heterocycles. The predicted octanol–water partition coefficient (Wildman–Crippen LogP) is -1.77. The lowest BCUT2D eigenvalue weighted by Gasteiger charge is -2.17. The van der Waals surface area contributed by atoms with Crippen LogP contribution >= 0.6 is 0 Å². The second kappa shape index (κ2) is 4.81. The van der Waals surface area contributed by atoms with E-state index in [1.54, 1.807) is 13.1 Å². The van der Waals surface area contributed by atoms with Gasteiger partial charge in [-0.25, -0.2) is 0 Å². The number of ether oxygens (including phenoxy) is 1. The van der Waals surface area contributed by atoms with E-state index in [-0.39, 0.29) is 17.2 Å². The summed E-state index contributed by atoms with van der Waals surface area (Å²) in [6, 6.07) is 0. The van der Waals surface area contributed by atoms with Gasteiger partial charge in [-0.05, 0) is 12.5 Å². The van der Waals surface area contributed by atoms with Crippen molar-refractivity contribution in [3.8, 4) is 0 Å². The van der Waals surface area contributed by atoms with Crippen molar-refractivity contribution in [3.05, 3.63) is 22.1 Å². The van der Waals surface area contributed by atoms with Gasteiger partial charge in [-0.15, -0.1) is 0 Å². The number of nitrogens with one attached hydrogen (secondary N) is 1. The van der Waals surface area contributed by atoms with Crippen LogP contribution in [0.1, 0.15) is 11.8 Å². The Balaban J connectivity index is 2.16. The first kappa shape index (κ1) is 14.0. The van der Waals surface area contributed by atoms with E-state index in [0.29, 0.717) is 10.9 Å². The monoisotopic (exact) mass is 296 g/mol. The van der Waals surface area contributed by atoms with Gasteiger partial charge in [-0.2, -0.15) is 4.98 Å². The van der Waals surface area contributed by atoms with Crippen LogP contribution in [0.4, 0.5) is 5.95 Å². The zero-order valence-corrected chi connectivity index (χ0v) is 11.2. The minimum atomic E-state index is -1.25. The molecule has 2 aromatic heterocycles. The summed E-state index contributed by atoms with van der Waals surface area (Å²) in [4.78, 5) is 18.4. The van der Waals surface area contributed by atoms with Crippen molar-refractivity contribution in [2.45, 2.75) is 31.5 Å². The number of aliphatic hydroxyl groups excluding tert-OH is 3. The molecule has 21 heavy (non-hydrogen) atoms. The van der Waals surface area contributed by atoms with Gasteiger partial charge in [0.05, 0.1) is 12.0 Å². The molecule has 9 heteroatoms. The van der Waals surface area contributed by atoms with E-state index >= 15 is 0 Å². The highest BCUT2D eigenvalue weighted by atomic mass is 16.6. The van der Waals surface area contributed by atoms with Crippen LogP contribution in [0.5, 0.6) is 0 Å². The first-order valence-electron chi connectivity index (χ1n) is 6.43. The van der Waals surface area contributed by atoms with Crippen molar-refractivity contribution in [1.82, 2.24) is 14.5 Å². The fourth-order valence-electron chi connectivity index (χ4n) is 2.66. The van der Waals surface area contributed by atoms with Crippen molar-refractivity contribution < 1.29 is 20.1 Å². The number of hydrogen-bond donors (Lipinski definition) is 5. The van der Waals surface area contributed by atoms with Crippen LogP contribution in [0.3, 0.4) is 0 Å². The topological polar surface area (TPSA) is 147 Å². The standard InChI is InChI=1S/C12H16N4O5/c1-4-2-16(9-6(4)10(20)15-12(13)14-9)11-8(19)7(18)5(3-17)21-11/h2,5,7-8,11,17-19H,3H2,1H3,(H3,13,14,15,20)/t5-,7-,8-,11?/m1/s1. The Morgan fingerprint density at radius 2 is 2.19 bits per heavy atom. The van der Waals surface area contributed by atoms with Gasteiger partial charge in [-0.1, -0.05) is 0 Å². The Morgan fingerprint density at radius 3 is 2.81 bits per heavy atom. The van der Waals surface area contributed by atoms with Crippen molar-refractivity contribution >= 4 is 17.0 Å². The smallest absolute Gasteiger partial charge is 0.262 e. The van der Waals surface area contributed by atoms with Crippen molar-refractivity contribution in [2.75, 3.05) is 12.3 Å². The molecular formula is C12H16N4O5. The molecule has 1 fully saturated rings. The Bertz CT molecular complexity index is 739. The van der Waals surface area contributed by atoms with Gasteiger partial charge in [0.25, 0.3) is 5.56 Å². The fourth-order valence-corrected chi connectivity index (χ4v) is 2.66. The van der Waals surface area contributed by atoms with Crippen LogP contribution in [-0.4, -0.2) is 54.8 Å². The number of fused-ring (bicyclic) bond motifs is 1. The van der Waals surface area contributed by atoms with Gasteiger partial charge >= 0.3 is 0 Å². The fraction of sp³-hybridized carbons (Fsp3) is 0.500. The first-order valence-corrected chi connectivity index (χ1v) is 6.43. The summed E-state index contributed by atoms with van der Waals surface area (Å²) in [6.07, 6.45) is -2.74. The number of aryl methyl sites for hydroxylation is 1. The maximum Gasteiger partial charge on any atom is 0.262 e. The summed E-state index contributed by atoms with van der Waals surface area (Å²) in [6.45, 7) is 1.29. The molecule has 0 saturated carbocycles. The Kier molecular flexibility index (Phi) is 3.21. The lowest BCUT2D eigenvalue weighted by Crippen LogP contribution is -2.33. The van der Waals surface area contributed by atoms with Crippen molar-refractivity contribution in [3.63, 3.8) is 0 Å². The molecule has 4 atom stereocenters. The summed E-state index contributed by atoms with van der Waals surface area (Å²) >= 11 is 0. The third-order valence-electron chi connectivity index (χ3n) is 3.68. The molecule has 0 bridgehead atoms. The third kappa shape index (κ3) is 2.02. The molecule has 1 aliphatic rings. The van der Waals surface area contributed by atoms with E-state index in [4.69, 9.17) is 15.6 Å². The number of aromatic nitrogens is 3. The average molecular weight is 296 g/mol. The minimum Gasteiger partial charge on any atom is -0.394 e. The van der Waals surface area contributed by atoms with Crippen LogP contribution in [-0.2, 0) is 4.74 Å². The van der Waals surface area contributed by atoms with Crippen LogP contribution < -0.4 is 11.3 Å². The van der Waals surface area contributed by atoms with E-state index in [0.717, 1.165) is 0 Å². The number of rotatable bonds is 2. The predicted molar refractivity (Wildman–Crippen MR) is 72.5 cm³/mol. The summed E-state index contributed by atoms with van der Waals surface area (Å²) in [7, 11) is 0. The second-order valence-corrected chi connectivity index (χ2v) is 5.10. The molecule has 0 amide bonds. The molecule has 1 unspecified atom stereocenters. The van der Waals surface area contributed by atoms with Gasteiger partial charge in [0, 0.05) is 6.20 Å². The molecule has 0 aromatic carbocycles. The second-order valence-electron chi connectivity index (χ2n) is 5.10. The molecule has 114 valence electrons. The zero-order chi connectivity index (χ0) is 15.3. The van der Waals surface area contributed by atoms with E-state index in [1.807, 2.05) is 0 Å². The Hall–Kier alpha value is -1.94. The number of H-pyrrole nitrogens is 1. The van der Waals surface area contributed by atoms with Crippen molar-refractivity contribution in [2.24, 2.45) is 0 Å². The van der Waals surface area contributed by atoms with Crippen LogP contribution in [0.15, 0.2) is 11.0 Å². The molecule has 0 aliphatic carbocycles. The highest BCUT2D eigenvalue weighted by Gasteiger charge is 2.44. The molecule has 0 radical (unpaired) electrons. The lowest BCUT2D eigenvalue weighted by molar-refractivity contribution is -0.0508. The molecule has 2 aromatic rings. The number of nitrogen functional groups attached to an aromatic ring is 1.